The Morgan fingerprint density at radius 1 is 0.768 bits per heavy atom. The fourth-order valence-corrected chi connectivity index (χ4v) is 10.9. The van der Waals surface area contributed by atoms with Gasteiger partial charge in [-0.25, -0.2) is 4.79 Å². The summed E-state index contributed by atoms with van der Waals surface area (Å²) >= 11 is 1.55. The number of aromatic nitrogens is 1. The smallest absolute Gasteiger partial charge is 0.340 e. The van der Waals surface area contributed by atoms with Gasteiger partial charge in [0.25, 0.3) is 11.8 Å². The van der Waals surface area contributed by atoms with Gasteiger partial charge in [0.2, 0.25) is 11.8 Å². The second kappa shape index (κ2) is 20.2. The molecule has 0 radical (unpaired) electrons. The van der Waals surface area contributed by atoms with Gasteiger partial charge in [0.05, 0.1) is 15.8 Å². The zero-order chi connectivity index (χ0) is 48.2. The van der Waals surface area contributed by atoms with E-state index in [1.807, 2.05) is 60.2 Å². The number of nitrogen functional groups attached to an aromatic ring is 2. The molecule has 9 rings (SSSR count). The number of likely N-dealkylation sites (N-methyl/N-ethyl adjacent to an activating group) is 1. The van der Waals surface area contributed by atoms with Gasteiger partial charge in [-0.05, 0) is 130 Å². The van der Waals surface area contributed by atoms with Gasteiger partial charge in [-0.1, -0.05) is 37.8 Å². The molecule has 0 atom stereocenters. The van der Waals surface area contributed by atoms with E-state index >= 15 is 0 Å². The highest BCUT2D eigenvalue weighted by Gasteiger charge is 2.54. The SMILES string of the molecule is CCN(C(=O)Cn1c(C(=O)N[C@H]2CC[C@H](C(=O)NCCCCCCCCNC(=O)c3ccc4c(c3)C3(OC4=O)c4ccc(N)cc4Oc4cc(N)ccc43)CC2)cc2sccc21)c1cccc(C)c1. The lowest BCUT2D eigenvalue weighted by Crippen LogP contribution is -2.42. The second-order valence-electron chi connectivity index (χ2n) is 18.4. The van der Waals surface area contributed by atoms with Crippen LogP contribution in [0.5, 0.6) is 11.5 Å². The van der Waals surface area contributed by atoms with E-state index in [-0.39, 0.29) is 42.1 Å². The Labute approximate surface area is 405 Å². The average molecular weight is 950 g/mol. The Bertz CT molecular complexity index is 2880. The highest BCUT2D eigenvalue weighted by Crippen LogP contribution is 2.56. The van der Waals surface area contributed by atoms with Crippen LogP contribution in [0.3, 0.4) is 0 Å². The highest BCUT2D eigenvalue weighted by atomic mass is 32.1. The standard InChI is InChI=1S/C54H59N7O7S/c1-3-60(39-12-10-11-33(2)27-39)49(62)32-61-44-23-26-69-48(44)31-45(61)52(65)59-38-18-13-34(14-19-38)50(63)57-24-8-6-4-5-7-9-25-58-51(64)35-15-20-40-43(28-35)54(68-53(40)66)41-21-16-36(55)29-46(41)67-47-30-37(56)17-22-42(47)54/h10-12,15-17,20-23,26-31,34,38H,3-9,13-14,18-19,24-25,32,55-56H2,1-2H3,(H,57,63)(H,58,64)(H,59,65)/t34-,38-. The number of thiophene rings is 1. The van der Waals surface area contributed by atoms with Crippen molar-refractivity contribution in [2.24, 2.45) is 5.92 Å². The summed E-state index contributed by atoms with van der Waals surface area (Å²) in [5, 5.41) is 11.4. The van der Waals surface area contributed by atoms with Gasteiger partial charge in [-0.15, -0.1) is 11.3 Å². The maximum absolute atomic E-state index is 13.7. The minimum atomic E-state index is -1.34. The highest BCUT2D eigenvalue weighted by molar-refractivity contribution is 7.17. The van der Waals surface area contributed by atoms with Gasteiger partial charge < -0.3 is 46.4 Å². The molecule has 0 bridgehead atoms. The number of ether oxygens (including phenoxy) is 2. The first-order chi connectivity index (χ1) is 33.4. The molecule has 6 aromatic rings. The molecule has 15 heteroatoms. The first-order valence-corrected chi connectivity index (χ1v) is 25.0. The average Bonchev–Trinajstić information content (AvgIpc) is 4.02. The van der Waals surface area contributed by atoms with E-state index in [1.54, 1.807) is 70.8 Å². The summed E-state index contributed by atoms with van der Waals surface area (Å²) in [6.07, 6.45) is 8.53. The molecule has 358 valence electrons. The molecule has 0 saturated heterocycles. The van der Waals surface area contributed by atoms with Crippen LogP contribution in [-0.2, 0) is 26.5 Å². The maximum Gasteiger partial charge on any atom is 0.340 e. The quantitative estimate of drug-likeness (QED) is 0.0336. The fraction of sp³-hybridized carbons (Fsp3) is 0.352. The number of fused-ring (bicyclic) bond motifs is 7. The first-order valence-electron chi connectivity index (χ1n) is 24.1. The molecule has 7 N–H and O–H groups in total. The van der Waals surface area contributed by atoms with E-state index in [9.17, 15) is 24.0 Å². The number of aryl methyl sites for hydroxylation is 1. The van der Waals surface area contributed by atoms with Gasteiger partial charge in [0.1, 0.15) is 23.7 Å². The van der Waals surface area contributed by atoms with Crippen LogP contribution < -0.4 is 37.1 Å². The largest absolute Gasteiger partial charge is 0.456 e. The van der Waals surface area contributed by atoms with E-state index in [4.69, 9.17) is 20.9 Å². The fourth-order valence-electron chi connectivity index (χ4n) is 10.1. The van der Waals surface area contributed by atoms with E-state index in [0.29, 0.717) is 102 Å². The Kier molecular flexibility index (Phi) is 13.8. The molecule has 3 aliphatic rings. The summed E-state index contributed by atoms with van der Waals surface area (Å²) in [6.45, 7) is 5.66. The second-order valence-corrected chi connectivity index (χ2v) is 19.3. The Morgan fingerprint density at radius 2 is 1.45 bits per heavy atom. The van der Waals surface area contributed by atoms with E-state index in [2.05, 4.69) is 16.0 Å². The van der Waals surface area contributed by atoms with Gasteiger partial charge in [0.15, 0.2) is 5.60 Å². The molecule has 1 spiro atoms. The van der Waals surface area contributed by atoms with Crippen molar-refractivity contribution in [1.29, 1.82) is 0 Å². The van der Waals surface area contributed by atoms with Crippen LogP contribution in [0.1, 0.15) is 125 Å². The number of esters is 1. The van der Waals surface area contributed by atoms with Crippen molar-refractivity contribution in [3.05, 3.63) is 135 Å². The van der Waals surface area contributed by atoms with Crippen LogP contribution in [-0.4, -0.2) is 59.8 Å². The van der Waals surface area contributed by atoms with E-state index in [0.717, 1.165) is 60.0 Å². The van der Waals surface area contributed by atoms with Crippen LogP contribution in [0.25, 0.3) is 10.2 Å². The number of nitrogens with zero attached hydrogens (tertiary/aromatic N) is 2. The predicted octanol–water partition coefficient (Wildman–Crippen LogP) is 8.97. The van der Waals surface area contributed by atoms with Crippen LogP contribution in [0.4, 0.5) is 17.1 Å². The van der Waals surface area contributed by atoms with E-state index in [1.165, 1.54) is 0 Å². The normalized spacial score (nSPS) is 16.5. The van der Waals surface area contributed by atoms with Crippen LogP contribution >= 0.6 is 11.3 Å². The van der Waals surface area contributed by atoms with Crippen molar-refractivity contribution in [2.45, 2.75) is 96.2 Å². The zero-order valence-electron chi connectivity index (χ0n) is 39.1. The molecule has 1 saturated carbocycles. The number of hydrogen-bond acceptors (Lipinski definition) is 10. The molecule has 69 heavy (non-hydrogen) atoms. The number of benzene rings is 4. The minimum absolute atomic E-state index is 0.0448. The van der Waals surface area contributed by atoms with Crippen molar-refractivity contribution >= 4 is 68.2 Å². The van der Waals surface area contributed by atoms with Crippen molar-refractivity contribution in [2.75, 3.05) is 36.0 Å². The summed E-state index contributed by atoms with van der Waals surface area (Å²) in [7, 11) is 0. The molecule has 0 unspecified atom stereocenters. The van der Waals surface area contributed by atoms with Crippen LogP contribution in [0, 0.1) is 12.8 Å². The number of amides is 4. The Hall–Kier alpha value is -7.13. The van der Waals surface area contributed by atoms with Crippen LogP contribution in [0.15, 0.2) is 96.4 Å². The number of unbranched alkanes of at least 4 members (excludes halogenated alkanes) is 5. The molecular weight excluding hydrogens is 891 g/mol. The van der Waals surface area contributed by atoms with E-state index < -0.39 is 11.6 Å². The van der Waals surface area contributed by atoms with Gasteiger partial charge >= 0.3 is 5.97 Å². The number of anilines is 3. The number of nitrogens with two attached hydrogens (primary N) is 2. The number of carbonyl (C=O) groups excluding carboxylic acids is 5. The van der Waals surface area contributed by atoms with Crippen molar-refractivity contribution in [3.8, 4) is 11.5 Å². The monoisotopic (exact) mass is 949 g/mol. The molecule has 1 aliphatic carbocycles. The lowest BCUT2D eigenvalue weighted by molar-refractivity contribution is -0.126. The molecular formula is C54H59N7O7S. The van der Waals surface area contributed by atoms with Crippen molar-refractivity contribution in [1.82, 2.24) is 20.5 Å². The van der Waals surface area contributed by atoms with Crippen molar-refractivity contribution < 1.29 is 33.4 Å². The molecule has 2 aliphatic heterocycles. The minimum Gasteiger partial charge on any atom is -0.456 e. The first kappa shape index (κ1) is 47.0. The Morgan fingerprint density at radius 3 is 2.13 bits per heavy atom. The summed E-state index contributed by atoms with van der Waals surface area (Å²) in [5.41, 5.74) is 17.7. The third-order valence-electron chi connectivity index (χ3n) is 13.7. The molecule has 2 aromatic heterocycles. The molecule has 4 amide bonds. The van der Waals surface area contributed by atoms with Gasteiger partial charge in [-0.3, -0.25) is 19.2 Å². The summed E-state index contributed by atoms with van der Waals surface area (Å²) in [6, 6.07) is 27.1. The third kappa shape index (κ3) is 9.65. The van der Waals surface area contributed by atoms with Gasteiger partial charge in [-0.2, -0.15) is 0 Å². The van der Waals surface area contributed by atoms with Crippen molar-refractivity contribution in [3.63, 3.8) is 0 Å². The summed E-state index contributed by atoms with van der Waals surface area (Å²) in [4.78, 5) is 69.0. The lowest BCUT2D eigenvalue weighted by Gasteiger charge is -2.36. The lowest BCUT2D eigenvalue weighted by atomic mass is 9.77. The maximum atomic E-state index is 13.7. The predicted molar refractivity (Wildman–Crippen MR) is 269 cm³/mol. The summed E-state index contributed by atoms with van der Waals surface area (Å²) < 4.78 is 15.2. The Balaban J connectivity index is 0.678. The van der Waals surface area contributed by atoms with Gasteiger partial charge in [0, 0.05) is 83.0 Å². The molecule has 4 heterocycles. The summed E-state index contributed by atoms with van der Waals surface area (Å²) in [5.74, 6) is -0.129. The van der Waals surface area contributed by atoms with Crippen LogP contribution in [0.2, 0.25) is 0 Å². The molecule has 1 fully saturated rings. The third-order valence-corrected chi connectivity index (χ3v) is 14.6. The topological polar surface area (TPSA) is 200 Å². The molecule has 14 nitrogen and oxygen atoms in total. The zero-order valence-corrected chi connectivity index (χ0v) is 39.9. The number of nitrogens with one attached hydrogen (secondary N) is 3. The number of carbonyl (C=O) groups is 5. The number of hydrogen-bond donors (Lipinski definition) is 5. The number of rotatable bonds is 17. The molecule has 4 aromatic carbocycles.